The molecule has 0 amide bonds. The second kappa shape index (κ2) is 2.29. The molecule has 1 heterocycles. The molecule has 0 saturated carbocycles. The maximum atomic E-state index is 10.4. The highest BCUT2D eigenvalue weighted by Crippen LogP contribution is 2.13. The van der Waals surface area contributed by atoms with E-state index in [0.29, 0.717) is 0 Å². The second-order valence-corrected chi connectivity index (χ2v) is 2.15. The van der Waals surface area contributed by atoms with E-state index >= 15 is 0 Å². The summed E-state index contributed by atoms with van der Waals surface area (Å²) < 4.78 is 4.51. The van der Waals surface area contributed by atoms with Crippen LogP contribution < -0.4 is 17.5 Å². The highest BCUT2D eigenvalue weighted by atomic mass is 16.9. The molecule has 1 atom stereocenters. The first-order valence-corrected chi connectivity index (χ1v) is 2.84. The molecule has 1 aliphatic heterocycles. The largest absolute Gasteiger partial charge is 0.534 e. The van der Waals surface area contributed by atoms with E-state index < -0.39 is 17.3 Å². The predicted molar refractivity (Wildman–Crippen MR) is 31.7 cm³/mol. The average molecular weight is 164 g/mol. The van der Waals surface area contributed by atoms with E-state index in [9.17, 15) is 4.79 Å². The number of hydrogen-bond acceptors (Lipinski definition) is 7. The minimum atomic E-state index is -1.09. The van der Waals surface area contributed by atoms with Gasteiger partial charge in [0.1, 0.15) is 5.17 Å². The molecule has 0 aromatic carbocycles. The maximum Gasteiger partial charge on any atom is 0.534 e. The Bertz CT molecular complexity index is 176. The van der Waals surface area contributed by atoms with E-state index in [0.717, 1.165) is 5.17 Å². The van der Waals surface area contributed by atoms with Gasteiger partial charge in [-0.1, -0.05) is 0 Å². The third-order valence-corrected chi connectivity index (χ3v) is 1.09. The fraction of sp³-hybridized carbons (Fsp3) is 0.667. The zero-order valence-electron chi connectivity index (χ0n) is 5.93. The van der Waals surface area contributed by atoms with Gasteiger partial charge >= 0.3 is 6.16 Å². The van der Waals surface area contributed by atoms with Gasteiger partial charge in [0, 0.05) is 4.92 Å². The molecule has 0 aromatic rings. The number of rotatable bonds is 1. The highest BCUT2D eigenvalue weighted by Gasteiger charge is 2.44. The minimum Gasteiger partial charge on any atom is -0.404 e. The van der Waals surface area contributed by atoms with Crippen LogP contribution in [-0.4, -0.2) is 22.5 Å². The van der Waals surface area contributed by atoms with Crippen LogP contribution in [0.5, 0.6) is 0 Å². The zero-order chi connectivity index (χ0) is 8.65. The van der Waals surface area contributed by atoms with Crippen LogP contribution in [0.1, 0.15) is 6.92 Å². The first-order chi connectivity index (χ1) is 4.91. The molecule has 1 unspecified atom stereocenters. The zero-order valence-corrected chi connectivity index (χ0v) is 5.93. The van der Waals surface area contributed by atoms with Crippen molar-refractivity contribution in [1.82, 2.24) is 5.17 Å². The van der Waals surface area contributed by atoms with E-state index in [2.05, 4.69) is 9.57 Å². The van der Waals surface area contributed by atoms with Crippen LogP contribution in [0, 0.1) is 0 Å². The molecule has 1 fully saturated rings. The van der Waals surface area contributed by atoms with Crippen molar-refractivity contribution in [2.45, 2.75) is 13.2 Å². The lowest BCUT2D eigenvalue weighted by molar-refractivity contribution is -1.10. The number of carbonyl (C=O) groups is 1. The van der Waals surface area contributed by atoms with Crippen LogP contribution in [0.2, 0.25) is 0 Å². The van der Waals surface area contributed by atoms with E-state index in [1.54, 1.807) is 0 Å². The summed E-state index contributed by atoms with van der Waals surface area (Å²) in [6.07, 6.45) is -1.57. The summed E-state index contributed by atoms with van der Waals surface area (Å²) in [4.78, 5) is 13.8. The van der Waals surface area contributed by atoms with Crippen molar-refractivity contribution in [2.75, 3.05) is 0 Å². The standard InChI is InChI=1S/C3H10N5O3/c1-2-7(8(4,5)6)11-3(9)10-2/h2H,4-6H2,1H3/q+1. The van der Waals surface area contributed by atoms with E-state index in [1.807, 2.05) is 0 Å². The second-order valence-electron chi connectivity index (χ2n) is 2.15. The summed E-state index contributed by atoms with van der Waals surface area (Å²) >= 11 is 0. The van der Waals surface area contributed by atoms with Gasteiger partial charge in [-0.3, -0.25) is 4.84 Å². The SMILES string of the molecule is CC1OC(=O)ON1[N+](N)(N)N. The molecule has 0 bridgehead atoms. The molecule has 1 aliphatic rings. The van der Waals surface area contributed by atoms with Crippen molar-refractivity contribution in [3.8, 4) is 0 Å². The Kier molecular flexibility index (Phi) is 1.70. The summed E-state index contributed by atoms with van der Waals surface area (Å²) in [5.74, 6) is 15.5. The summed E-state index contributed by atoms with van der Waals surface area (Å²) in [5, 5.41) is 0.808. The van der Waals surface area contributed by atoms with Gasteiger partial charge in [-0.25, -0.2) is 4.79 Å². The molecule has 6 N–H and O–H groups in total. The Balaban J connectivity index is 2.67. The third-order valence-electron chi connectivity index (χ3n) is 1.09. The lowest BCUT2D eigenvalue weighted by atomic mass is 10.7. The van der Waals surface area contributed by atoms with E-state index in [4.69, 9.17) is 17.5 Å². The van der Waals surface area contributed by atoms with Crippen molar-refractivity contribution in [3.05, 3.63) is 0 Å². The summed E-state index contributed by atoms with van der Waals surface area (Å²) in [7, 11) is 0. The van der Waals surface area contributed by atoms with Gasteiger partial charge in [0.05, 0.1) is 0 Å². The Labute approximate surface area is 62.4 Å². The number of carbonyl (C=O) groups excluding carboxylic acids is 1. The van der Waals surface area contributed by atoms with E-state index in [1.165, 1.54) is 6.92 Å². The minimum absolute atomic E-state index is 0.692. The molecule has 0 spiro atoms. The molecule has 64 valence electrons. The van der Waals surface area contributed by atoms with Crippen LogP contribution in [0.4, 0.5) is 4.79 Å². The quantitative estimate of drug-likeness (QED) is 0.179. The van der Waals surface area contributed by atoms with Crippen LogP contribution >= 0.6 is 0 Å². The van der Waals surface area contributed by atoms with Gasteiger partial charge in [0.15, 0.2) is 0 Å². The maximum absolute atomic E-state index is 10.4. The average Bonchev–Trinajstić information content (AvgIpc) is 2.08. The highest BCUT2D eigenvalue weighted by molar-refractivity contribution is 5.60. The molecule has 0 aliphatic carbocycles. The van der Waals surface area contributed by atoms with Crippen LogP contribution in [-0.2, 0) is 9.57 Å². The molecule has 1 rings (SSSR count). The first kappa shape index (κ1) is 8.17. The number of cyclic esters (lactones) is 1. The van der Waals surface area contributed by atoms with Gasteiger partial charge in [-0.05, 0) is 6.92 Å². The fourth-order valence-corrected chi connectivity index (χ4v) is 0.709. The third kappa shape index (κ3) is 1.56. The number of hydrogen-bond donors (Lipinski definition) is 3. The summed E-state index contributed by atoms with van der Waals surface area (Å²) in [6, 6.07) is 0. The molecular weight excluding hydrogens is 154 g/mol. The Morgan fingerprint density at radius 2 is 2.09 bits per heavy atom. The molecule has 0 aromatic heterocycles. The summed E-state index contributed by atoms with van der Waals surface area (Å²) in [5.41, 5.74) is 0. The molecule has 11 heavy (non-hydrogen) atoms. The monoisotopic (exact) mass is 164 g/mol. The van der Waals surface area contributed by atoms with Crippen LogP contribution in [0.3, 0.4) is 0 Å². The number of ether oxygens (including phenoxy) is 1. The number of nitrogens with two attached hydrogens (primary N) is 3. The van der Waals surface area contributed by atoms with Gasteiger partial charge in [-0.15, -0.1) is 17.5 Å². The lowest BCUT2D eigenvalue weighted by Crippen LogP contribution is -2.75. The van der Waals surface area contributed by atoms with Crippen molar-refractivity contribution < 1.29 is 19.3 Å². The van der Waals surface area contributed by atoms with Crippen molar-refractivity contribution >= 4 is 6.16 Å². The predicted octanol–water partition coefficient (Wildman–Crippen LogP) is -1.93. The number of hydroxylamine groups is 1. The van der Waals surface area contributed by atoms with E-state index in [-0.39, 0.29) is 0 Å². The Hall–Kier alpha value is -0.930. The molecule has 8 nitrogen and oxygen atoms in total. The van der Waals surface area contributed by atoms with Gasteiger partial charge < -0.3 is 4.74 Å². The topological polar surface area (TPSA) is 117 Å². The molecular formula is C3H10N5O3+. The van der Waals surface area contributed by atoms with Crippen molar-refractivity contribution in [1.29, 1.82) is 0 Å². The van der Waals surface area contributed by atoms with Gasteiger partial charge in [0.25, 0.3) is 0 Å². The number of nitrogens with zero attached hydrogens (tertiary/aromatic N) is 2. The fourth-order valence-electron chi connectivity index (χ4n) is 0.709. The number of quaternary nitrogens is 1. The summed E-state index contributed by atoms with van der Waals surface area (Å²) in [6.45, 7) is 1.52. The normalized spacial score (nSPS) is 26.5. The first-order valence-electron chi connectivity index (χ1n) is 2.84. The van der Waals surface area contributed by atoms with Gasteiger partial charge in [-0.2, -0.15) is 0 Å². The smallest absolute Gasteiger partial charge is 0.404 e. The van der Waals surface area contributed by atoms with Gasteiger partial charge in [0.2, 0.25) is 6.23 Å². The lowest BCUT2D eigenvalue weighted by Gasteiger charge is -2.25. The van der Waals surface area contributed by atoms with Crippen molar-refractivity contribution in [2.24, 2.45) is 17.5 Å². The van der Waals surface area contributed by atoms with Crippen LogP contribution in [0.15, 0.2) is 0 Å². The Morgan fingerprint density at radius 3 is 2.27 bits per heavy atom. The molecule has 8 heteroatoms. The molecule has 1 saturated heterocycles. The molecule has 0 radical (unpaired) electrons. The van der Waals surface area contributed by atoms with Crippen molar-refractivity contribution in [3.63, 3.8) is 0 Å². The Morgan fingerprint density at radius 1 is 1.55 bits per heavy atom. The van der Waals surface area contributed by atoms with Crippen LogP contribution in [0.25, 0.3) is 0 Å².